The van der Waals surface area contributed by atoms with E-state index in [-0.39, 0.29) is 5.91 Å². The highest BCUT2D eigenvalue weighted by atomic mass is 16.2. The van der Waals surface area contributed by atoms with Gasteiger partial charge in [-0.1, -0.05) is 18.2 Å². The van der Waals surface area contributed by atoms with Crippen molar-refractivity contribution in [3.8, 4) is 0 Å². The summed E-state index contributed by atoms with van der Waals surface area (Å²) < 4.78 is 1.91. The summed E-state index contributed by atoms with van der Waals surface area (Å²) >= 11 is 0. The molecule has 130 valence electrons. The highest BCUT2D eigenvalue weighted by Gasteiger charge is 2.16. The molecule has 26 heavy (non-hydrogen) atoms. The minimum atomic E-state index is -0.401. The van der Waals surface area contributed by atoms with Gasteiger partial charge in [-0.15, -0.1) is 0 Å². The second-order valence-corrected chi connectivity index (χ2v) is 6.03. The Balaban J connectivity index is 1.79. The summed E-state index contributed by atoms with van der Waals surface area (Å²) in [7, 11) is 0. The van der Waals surface area contributed by atoms with Crippen molar-refractivity contribution < 1.29 is 9.59 Å². The quantitative estimate of drug-likeness (QED) is 0.743. The third-order valence-electron chi connectivity index (χ3n) is 4.15. The van der Waals surface area contributed by atoms with Crippen LogP contribution in [0.2, 0.25) is 0 Å². The Labute approximate surface area is 149 Å². The van der Waals surface area contributed by atoms with E-state index < -0.39 is 5.91 Å². The van der Waals surface area contributed by atoms with E-state index in [0.717, 1.165) is 23.3 Å². The standard InChI is InChI=1S/C19H17N5O2/c1-12(25)21-14-6-4-5-13(11-14)18(26)23-19-22-16-8-3-2-7-15(16)17-20-9-10-24(17)19/h2-8,11,20H,9-10H2,1H3,(H,21,25). The summed E-state index contributed by atoms with van der Waals surface area (Å²) in [4.78, 5) is 32.6. The maximum absolute atomic E-state index is 12.6. The van der Waals surface area contributed by atoms with Gasteiger partial charge in [0.15, 0.2) is 0 Å². The topological polar surface area (TPSA) is 88.4 Å². The van der Waals surface area contributed by atoms with Crippen LogP contribution in [-0.4, -0.2) is 27.9 Å². The number of para-hydroxylation sites is 1. The van der Waals surface area contributed by atoms with Crippen molar-refractivity contribution in [2.75, 3.05) is 17.2 Å². The lowest BCUT2D eigenvalue weighted by molar-refractivity contribution is -0.114. The molecule has 0 bridgehead atoms. The molecule has 7 heteroatoms. The molecule has 1 aromatic heterocycles. The van der Waals surface area contributed by atoms with E-state index >= 15 is 0 Å². The molecule has 0 fully saturated rings. The third-order valence-corrected chi connectivity index (χ3v) is 4.15. The van der Waals surface area contributed by atoms with E-state index in [1.807, 2.05) is 28.8 Å². The summed E-state index contributed by atoms with van der Waals surface area (Å²) in [5.41, 5.74) is 2.11. The number of benzene rings is 2. The minimum Gasteiger partial charge on any atom is -0.369 e. The lowest BCUT2D eigenvalue weighted by Crippen LogP contribution is -2.24. The van der Waals surface area contributed by atoms with Crippen molar-refractivity contribution in [2.24, 2.45) is 4.99 Å². The smallest absolute Gasteiger partial charge is 0.280 e. The van der Waals surface area contributed by atoms with E-state index in [1.165, 1.54) is 6.92 Å². The predicted octanol–water partition coefficient (Wildman–Crippen LogP) is 2.16. The highest BCUT2D eigenvalue weighted by molar-refractivity contribution is 5.97. The van der Waals surface area contributed by atoms with Gasteiger partial charge in [0.2, 0.25) is 11.5 Å². The Morgan fingerprint density at radius 3 is 2.88 bits per heavy atom. The van der Waals surface area contributed by atoms with Crippen LogP contribution < -0.4 is 16.3 Å². The Hall–Kier alpha value is -3.48. The number of anilines is 2. The Morgan fingerprint density at radius 1 is 1.19 bits per heavy atom. The Morgan fingerprint density at radius 2 is 2.04 bits per heavy atom. The van der Waals surface area contributed by atoms with Gasteiger partial charge >= 0.3 is 0 Å². The molecule has 2 N–H and O–H groups in total. The number of carbonyl (C=O) groups excluding carboxylic acids is 2. The van der Waals surface area contributed by atoms with Crippen LogP contribution in [0.1, 0.15) is 17.3 Å². The van der Waals surface area contributed by atoms with E-state index in [4.69, 9.17) is 0 Å². The highest BCUT2D eigenvalue weighted by Crippen LogP contribution is 2.22. The predicted molar refractivity (Wildman–Crippen MR) is 98.9 cm³/mol. The number of nitrogens with one attached hydrogen (secondary N) is 2. The molecule has 0 saturated carbocycles. The summed E-state index contributed by atoms with van der Waals surface area (Å²) in [5.74, 6) is 0.331. The van der Waals surface area contributed by atoms with Gasteiger partial charge in [-0.25, -0.2) is 4.98 Å². The molecule has 2 heterocycles. The van der Waals surface area contributed by atoms with Gasteiger partial charge in [0.1, 0.15) is 5.82 Å². The van der Waals surface area contributed by atoms with Crippen molar-refractivity contribution in [1.82, 2.24) is 9.55 Å². The van der Waals surface area contributed by atoms with Gasteiger partial charge in [0.25, 0.3) is 5.91 Å². The Bertz CT molecular complexity index is 1100. The number of hydrogen-bond acceptors (Lipinski definition) is 4. The molecule has 2 amide bonds. The third kappa shape index (κ3) is 2.95. The molecule has 1 aliphatic heterocycles. The molecular formula is C19H17N5O2. The minimum absolute atomic E-state index is 0.192. The molecule has 7 nitrogen and oxygen atoms in total. The molecule has 1 aliphatic rings. The molecule has 0 spiro atoms. The van der Waals surface area contributed by atoms with E-state index in [0.29, 0.717) is 23.4 Å². The zero-order chi connectivity index (χ0) is 18.1. The first-order chi connectivity index (χ1) is 12.6. The van der Waals surface area contributed by atoms with Crippen molar-refractivity contribution in [1.29, 1.82) is 0 Å². The van der Waals surface area contributed by atoms with Crippen LogP contribution >= 0.6 is 0 Å². The molecule has 0 unspecified atom stereocenters. The van der Waals surface area contributed by atoms with Crippen LogP contribution in [0.4, 0.5) is 11.5 Å². The number of aromatic nitrogens is 2. The van der Waals surface area contributed by atoms with Crippen molar-refractivity contribution in [3.05, 3.63) is 59.7 Å². The van der Waals surface area contributed by atoms with Gasteiger partial charge in [-0.2, -0.15) is 4.99 Å². The zero-order valence-corrected chi connectivity index (χ0v) is 14.2. The summed E-state index contributed by atoms with van der Waals surface area (Å²) in [6, 6.07) is 14.5. The zero-order valence-electron chi connectivity index (χ0n) is 14.2. The fourth-order valence-electron chi connectivity index (χ4n) is 3.05. The van der Waals surface area contributed by atoms with Crippen LogP contribution in [0.5, 0.6) is 0 Å². The van der Waals surface area contributed by atoms with Crippen LogP contribution in [0, 0.1) is 0 Å². The normalized spacial score (nSPS) is 13.3. The van der Waals surface area contributed by atoms with Crippen LogP contribution in [0.25, 0.3) is 10.9 Å². The first-order valence-electron chi connectivity index (χ1n) is 8.32. The summed E-state index contributed by atoms with van der Waals surface area (Å²) in [5, 5.41) is 7.00. The monoisotopic (exact) mass is 347 g/mol. The molecule has 0 atom stereocenters. The molecular weight excluding hydrogens is 330 g/mol. The number of amides is 2. The number of hydrogen-bond donors (Lipinski definition) is 2. The molecule has 0 saturated heterocycles. The van der Waals surface area contributed by atoms with E-state index in [9.17, 15) is 9.59 Å². The number of rotatable bonds is 2. The van der Waals surface area contributed by atoms with Gasteiger partial charge in [0.05, 0.1) is 5.52 Å². The first-order valence-corrected chi connectivity index (χ1v) is 8.32. The lowest BCUT2D eigenvalue weighted by Gasteiger charge is -2.08. The van der Waals surface area contributed by atoms with Crippen molar-refractivity contribution in [2.45, 2.75) is 13.5 Å². The molecule has 0 radical (unpaired) electrons. The van der Waals surface area contributed by atoms with E-state index in [2.05, 4.69) is 20.6 Å². The van der Waals surface area contributed by atoms with Gasteiger partial charge in [-0.3, -0.25) is 14.2 Å². The molecule has 4 rings (SSSR count). The Kier molecular flexibility index (Phi) is 3.96. The van der Waals surface area contributed by atoms with Crippen molar-refractivity contribution in [3.63, 3.8) is 0 Å². The van der Waals surface area contributed by atoms with Crippen LogP contribution in [-0.2, 0) is 11.3 Å². The first kappa shape index (κ1) is 16.0. The lowest BCUT2D eigenvalue weighted by atomic mass is 10.2. The fraction of sp³-hybridized carbons (Fsp3) is 0.158. The number of nitrogens with zero attached hydrogens (tertiary/aromatic N) is 3. The van der Waals surface area contributed by atoms with Gasteiger partial charge in [0, 0.05) is 36.7 Å². The second kappa shape index (κ2) is 6.44. The summed E-state index contributed by atoms with van der Waals surface area (Å²) in [6.07, 6.45) is 0. The van der Waals surface area contributed by atoms with Gasteiger partial charge < -0.3 is 10.6 Å². The van der Waals surface area contributed by atoms with Gasteiger partial charge in [-0.05, 0) is 30.3 Å². The summed E-state index contributed by atoms with van der Waals surface area (Å²) in [6.45, 7) is 2.89. The SMILES string of the molecule is CC(=O)Nc1cccc(C(=O)N=c2nc3ccccc3c3n2CCN3)c1. The molecule has 0 aliphatic carbocycles. The maximum Gasteiger partial charge on any atom is 0.280 e. The number of carbonyl (C=O) groups is 2. The maximum atomic E-state index is 12.6. The average Bonchev–Trinajstić information content (AvgIpc) is 3.12. The molecule has 2 aromatic carbocycles. The average molecular weight is 347 g/mol. The fourth-order valence-corrected chi connectivity index (χ4v) is 3.05. The number of fused-ring (bicyclic) bond motifs is 3. The van der Waals surface area contributed by atoms with Crippen LogP contribution in [0.3, 0.4) is 0 Å². The second-order valence-electron chi connectivity index (χ2n) is 6.03. The largest absolute Gasteiger partial charge is 0.369 e. The van der Waals surface area contributed by atoms with Crippen LogP contribution in [0.15, 0.2) is 53.5 Å². The van der Waals surface area contributed by atoms with Crippen molar-refractivity contribution >= 4 is 34.2 Å². The van der Waals surface area contributed by atoms with E-state index in [1.54, 1.807) is 24.3 Å². The molecule has 3 aromatic rings.